The maximum atomic E-state index is 2.55. The van der Waals surface area contributed by atoms with Crippen LogP contribution in [0.25, 0.3) is 83.1 Å². The van der Waals surface area contributed by atoms with E-state index >= 15 is 0 Å². The van der Waals surface area contributed by atoms with Crippen molar-refractivity contribution < 1.29 is 0 Å². The SMILES string of the molecule is CC1(C)c2cc(-c3cccc4c3c3ccccc3n4-c3ccccc3)ccc2-c2ccc(N(c3ccc(-c4ccccc4)cc3)c3cccc4c3C3(c5ccccc5-c5ccccc53)c3ccccc3-4)cc21. The van der Waals surface area contributed by atoms with E-state index in [1.165, 1.54) is 122 Å². The Kier molecular flexibility index (Phi) is 8.66. The Morgan fingerprint density at radius 2 is 0.819 bits per heavy atom. The Morgan fingerprint density at radius 1 is 0.333 bits per heavy atom. The lowest BCUT2D eigenvalue weighted by Crippen LogP contribution is -2.28. The van der Waals surface area contributed by atoms with Crippen LogP contribution < -0.4 is 4.90 Å². The van der Waals surface area contributed by atoms with Crippen molar-refractivity contribution >= 4 is 38.9 Å². The summed E-state index contributed by atoms with van der Waals surface area (Å²) in [6, 6.07) is 95.2. The van der Waals surface area contributed by atoms with Crippen LogP contribution in [0.15, 0.2) is 255 Å². The molecule has 12 aromatic rings. The molecule has 1 heterocycles. The molecule has 11 aromatic carbocycles. The fourth-order valence-electron chi connectivity index (χ4n) is 13.3. The molecule has 1 spiro atoms. The molecule has 0 N–H and O–H groups in total. The minimum Gasteiger partial charge on any atom is -0.310 e. The van der Waals surface area contributed by atoms with Crippen LogP contribution in [0.1, 0.15) is 47.2 Å². The smallest absolute Gasteiger partial charge is 0.0746 e. The normalized spacial score (nSPS) is 13.9. The van der Waals surface area contributed by atoms with Crippen molar-refractivity contribution in [3.63, 3.8) is 0 Å². The molecule has 0 saturated heterocycles. The number of fused-ring (bicyclic) bond motifs is 16. The first-order chi connectivity index (χ1) is 35.5. The number of aromatic nitrogens is 1. The number of anilines is 3. The van der Waals surface area contributed by atoms with E-state index in [9.17, 15) is 0 Å². The van der Waals surface area contributed by atoms with Crippen molar-refractivity contribution in [1.29, 1.82) is 0 Å². The lowest BCUT2D eigenvalue weighted by molar-refractivity contribution is 0.660. The lowest BCUT2D eigenvalue weighted by Gasteiger charge is -2.36. The highest BCUT2D eigenvalue weighted by molar-refractivity contribution is 6.16. The van der Waals surface area contributed by atoms with Crippen molar-refractivity contribution in [3.05, 3.63) is 288 Å². The third kappa shape index (κ3) is 5.55. The van der Waals surface area contributed by atoms with Crippen molar-refractivity contribution in [2.75, 3.05) is 4.90 Å². The maximum Gasteiger partial charge on any atom is 0.0746 e. The molecule has 3 aliphatic carbocycles. The predicted octanol–water partition coefficient (Wildman–Crippen LogP) is 18.2. The Labute approximate surface area is 420 Å². The van der Waals surface area contributed by atoms with E-state index in [0.717, 1.165) is 11.4 Å². The average molecular weight is 917 g/mol. The van der Waals surface area contributed by atoms with Gasteiger partial charge in [0.2, 0.25) is 0 Å². The molecule has 0 bridgehead atoms. The minimum atomic E-state index is -0.517. The molecule has 3 aliphatic rings. The molecule has 0 aliphatic heterocycles. The Morgan fingerprint density at radius 3 is 1.53 bits per heavy atom. The summed E-state index contributed by atoms with van der Waals surface area (Å²) in [7, 11) is 0. The molecule has 0 saturated carbocycles. The summed E-state index contributed by atoms with van der Waals surface area (Å²) in [5.41, 5.74) is 26.9. The Hall–Kier alpha value is -8.98. The second-order valence-corrected chi connectivity index (χ2v) is 20.3. The van der Waals surface area contributed by atoms with Gasteiger partial charge in [-0.25, -0.2) is 0 Å². The van der Waals surface area contributed by atoms with Gasteiger partial charge in [-0.05, 0) is 144 Å². The van der Waals surface area contributed by atoms with Gasteiger partial charge in [-0.2, -0.15) is 0 Å². The molecule has 1 aromatic heterocycles. The number of rotatable bonds is 6. The van der Waals surface area contributed by atoms with Gasteiger partial charge < -0.3 is 9.47 Å². The lowest BCUT2D eigenvalue weighted by atomic mass is 9.70. The van der Waals surface area contributed by atoms with Crippen molar-refractivity contribution in [2.24, 2.45) is 0 Å². The zero-order chi connectivity index (χ0) is 47.7. The molecular weight excluding hydrogens is 869 g/mol. The van der Waals surface area contributed by atoms with Crippen LogP contribution in [0.5, 0.6) is 0 Å². The first-order valence-electron chi connectivity index (χ1n) is 25.3. The topological polar surface area (TPSA) is 8.17 Å². The molecule has 72 heavy (non-hydrogen) atoms. The van der Waals surface area contributed by atoms with E-state index in [1.807, 2.05) is 0 Å². The number of nitrogens with zero attached hydrogens (tertiary/aromatic N) is 2. The molecule has 0 atom stereocenters. The van der Waals surface area contributed by atoms with Crippen molar-refractivity contribution in [2.45, 2.75) is 24.7 Å². The third-order valence-electron chi connectivity index (χ3n) is 16.4. The van der Waals surface area contributed by atoms with Gasteiger partial charge in [-0.15, -0.1) is 0 Å². The fourth-order valence-corrected chi connectivity index (χ4v) is 13.3. The maximum absolute atomic E-state index is 2.55. The van der Waals surface area contributed by atoms with Crippen LogP contribution in [0, 0.1) is 0 Å². The van der Waals surface area contributed by atoms with Crippen LogP contribution in [0.4, 0.5) is 17.1 Å². The average Bonchev–Trinajstić information content (AvgIpc) is 4.12. The van der Waals surface area contributed by atoms with Crippen LogP contribution in [-0.2, 0) is 10.8 Å². The Bertz CT molecular complexity index is 4110. The van der Waals surface area contributed by atoms with E-state index in [4.69, 9.17) is 0 Å². The zero-order valence-corrected chi connectivity index (χ0v) is 40.1. The molecule has 2 nitrogen and oxygen atoms in total. The van der Waals surface area contributed by atoms with Crippen LogP contribution >= 0.6 is 0 Å². The van der Waals surface area contributed by atoms with E-state index in [2.05, 4.69) is 278 Å². The standard InChI is InChI=1S/C70H48N2/c1-69(2)62-43-47(51-27-17-33-65-67(51)58-26-12-16-32-64(58)72(65)48-21-7-4-8-22-48)37-41-55(62)56-42-40-50(44-63(56)69)71(49-38-35-46(36-39-49)45-19-5-3-6-20-45)66-34-18-28-57-54-25-11-15-31-61(54)70(68(57)66)59-29-13-9-23-52(59)53-24-10-14-30-60(53)70/h3-44H,1-2H3. The highest BCUT2D eigenvalue weighted by atomic mass is 15.1. The number of benzene rings is 11. The molecular formula is C70H48N2. The molecule has 0 radical (unpaired) electrons. The number of para-hydroxylation sites is 2. The molecule has 2 heteroatoms. The van der Waals surface area contributed by atoms with Gasteiger partial charge in [0.1, 0.15) is 0 Å². The summed E-state index contributed by atoms with van der Waals surface area (Å²) in [5, 5.41) is 2.54. The number of hydrogen-bond donors (Lipinski definition) is 0. The van der Waals surface area contributed by atoms with E-state index in [-0.39, 0.29) is 5.41 Å². The molecule has 338 valence electrons. The fraction of sp³-hybridized carbons (Fsp3) is 0.0571. The summed E-state index contributed by atoms with van der Waals surface area (Å²) >= 11 is 0. The van der Waals surface area contributed by atoms with Crippen molar-refractivity contribution in [1.82, 2.24) is 4.57 Å². The molecule has 15 rings (SSSR count). The van der Waals surface area contributed by atoms with Crippen LogP contribution in [0.2, 0.25) is 0 Å². The number of hydrogen-bond acceptors (Lipinski definition) is 1. The first-order valence-corrected chi connectivity index (χ1v) is 25.3. The molecule has 0 amide bonds. The van der Waals surface area contributed by atoms with Gasteiger partial charge in [-0.3, -0.25) is 0 Å². The van der Waals surface area contributed by atoms with E-state index in [1.54, 1.807) is 0 Å². The monoisotopic (exact) mass is 916 g/mol. The van der Waals surface area contributed by atoms with Gasteiger partial charge in [-0.1, -0.05) is 208 Å². The molecule has 0 unspecified atom stereocenters. The summed E-state index contributed by atoms with van der Waals surface area (Å²) in [6.07, 6.45) is 0. The predicted molar refractivity (Wildman–Crippen MR) is 300 cm³/mol. The third-order valence-corrected chi connectivity index (χ3v) is 16.4. The van der Waals surface area contributed by atoms with E-state index < -0.39 is 5.41 Å². The van der Waals surface area contributed by atoms with Crippen LogP contribution in [0.3, 0.4) is 0 Å². The minimum absolute atomic E-state index is 0.287. The first kappa shape index (κ1) is 40.9. The largest absolute Gasteiger partial charge is 0.310 e. The second kappa shape index (κ2) is 15.3. The van der Waals surface area contributed by atoms with Gasteiger partial charge in [0.05, 0.1) is 22.1 Å². The van der Waals surface area contributed by atoms with Gasteiger partial charge in [0.25, 0.3) is 0 Å². The van der Waals surface area contributed by atoms with Gasteiger partial charge in [0.15, 0.2) is 0 Å². The van der Waals surface area contributed by atoms with Crippen LogP contribution in [-0.4, -0.2) is 4.57 Å². The Balaban J connectivity index is 0.922. The van der Waals surface area contributed by atoms with Gasteiger partial charge >= 0.3 is 0 Å². The van der Waals surface area contributed by atoms with Gasteiger partial charge in [0, 0.05) is 38.8 Å². The highest BCUT2D eigenvalue weighted by Gasteiger charge is 2.53. The summed E-state index contributed by atoms with van der Waals surface area (Å²) in [5.74, 6) is 0. The van der Waals surface area contributed by atoms with Crippen molar-refractivity contribution in [3.8, 4) is 61.3 Å². The second-order valence-electron chi connectivity index (χ2n) is 20.3. The summed E-state index contributed by atoms with van der Waals surface area (Å²) < 4.78 is 2.41. The van der Waals surface area contributed by atoms with E-state index in [0.29, 0.717) is 0 Å². The quantitative estimate of drug-likeness (QED) is 0.161. The highest BCUT2D eigenvalue weighted by Crippen LogP contribution is 2.65. The summed E-state index contributed by atoms with van der Waals surface area (Å²) in [6.45, 7) is 4.84. The summed E-state index contributed by atoms with van der Waals surface area (Å²) in [4.78, 5) is 2.55. The molecule has 0 fully saturated rings. The zero-order valence-electron chi connectivity index (χ0n) is 40.1.